The van der Waals surface area contributed by atoms with Gasteiger partial charge in [0.1, 0.15) is 11.5 Å². The van der Waals surface area contributed by atoms with Crippen LogP contribution in [0.2, 0.25) is 0 Å². The Labute approximate surface area is 149 Å². The first-order chi connectivity index (χ1) is 11.5. The largest absolute Gasteiger partial charge is 0.496 e. The van der Waals surface area contributed by atoms with Crippen molar-refractivity contribution in [2.24, 2.45) is 5.10 Å². The molecule has 0 aliphatic heterocycles. The number of carbonyl (C=O) groups is 1. The number of amides is 1. The molecule has 0 spiro atoms. The number of aryl methyl sites for hydroxylation is 2. The fraction of sp³-hybridized carbons (Fsp3) is 0.222. The molecule has 24 heavy (non-hydrogen) atoms. The third-order valence-electron chi connectivity index (χ3n) is 3.43. The lowest BCUT2D eigenvalue weighted by molar-refractivity contribution is -0.123. The highest BCUT2D eigenvalue weighted by atomic mass is 79.9. The van der Waals surface area contributed by atoms with E-state index in [0.717, 1.165) is 15.6 Å². The van der Waals surface area contributed by atoms with Crippen molar-refractivity contribution in [1.82, 2.24) is 5.43 Å². The first-order valence-corrected chi connectivity index (χ1v) is 8.14. The second-order valence-electron chi connectivity index (χ2n) is 5.21. The van der Waals surface area contributed by atoms with E-state index in [1.807, 2.05) is 50.2 Å². The van der Waals surface area contributed by atoms with Gasteiger partial charge in [-0.25, -0.2) is 5.43 Å². The standard InChI is InChI=1S/C18H19BrN2O3/c1-12-4-6-16(8-13(12)2)24-11-18(22)21-20-10-14-9-15(19)5-7-17(14)23-3/h4-10H,11H2,1-3H3,(H,21,22)/b20-10+. The van der Waals surface area contributed by atoms with Gasteiger partial charge in [-0.1, -0.05) is 22.0 Å². The van der Waals surface area contributed by atoms with Crippen molar-refractivity contribution in [1.29, 1.82) is 0 Å². The Hall–Kier alpha value is -2.34. The minimum absolute atomic E-state index is 0.102. The van der Waals surface area contributed by atoms with Gasteiger partial charge in [-0.3, -0.25) is 4.79 Å². The van der Waals surface area contributed by atoms with Gasteiger partial charge in [-0.2, -0.15) is 5.10 Å². The summed E-state index contributed by atoms with van der Waals surface area (Å²) in [6, 6.07) is 11.2. The molecule has 6 heteroatoms. The van der Waals surface area contributed by atoms with Crippen LogP contribution in [0.4, 0.5) is 0 Å². The number of hydrazone groups is 1. The number of nitrogens with one attached hydrogen (secondary N) is 1. The molecule has 0 heterocycles. The van der Waals surface area contributed by atoms with E-state index in [4.69, 9.17) is 9.47 Å². The highest BCUT2D eigenvalue weighted by Crippen LogP contribution is 2.21. The van der Waals surface area contributed by atoms with E-state index >= 15 is 0 Å². The number of nitrogens with zero attached hydrogens (tertiary/aromatic N) is 1. The Bertz CT molecular complexity index is 760. The predicted molar refractivity (Wildman–Crippen MR) is 97.8 cm³/mol. The van der Waals surface area contributed by atoms with Crippen molar-refractivity contribution < 1.29 is 14.3 Å². The molecular weight excluding hydrogens is 372 g/mol. The third kappa shape index (κ3) is 5.09. The first kappa shape index (κ1) is 18.0. The summed E-state index contributed by atoms with van der Waals surface area (Å²) in [5, 5.41) is 3.93. The lowest BCUT2D eigenvalue weighted by Gasteiger charge is -2.07. The minimum Gasteiger partial charge on any atom is -0.496 e. The molecule has 0 aromatic heterocycles. The van der Waals surface area contributed by atoms with Crippen molar-refractivity contribution in [3.8, 4) is 11.5 Å². The number of ether oxygens (including phenoxy) is 2. The van der Waals surface area contributed by atoms with Crippen LogP contribution in [-0.2, 0) is 4.79 Å². The van der Waals surface area contributed by atoms with Crippen LogP contribution in [0.1, 0.15) is 16.7 Å². The highest BCUT2D eigenvalue weighted by Gasteiger charge is 2.04. The first-order valence-electron chi connectivity index (χ1n) is 7.35. The summed E-state index contributed by atoms with van der Waals surface area (Å²) in [5.74, 6) is 0.993. The summed E-state index contributed by atoms with van der Waals surface area (Å²) >= 11 is 3.38. The number of carbonyl (C=O) groups excluding carboxylic acids is 1. The van der Waals surface area contributed by atoms with Gasteiger partial charge in [0.25, 0.3) is 5.91 Å². The second-order valence-corrected chi connectivity index (χ2v) is 6.13. The molecule has 0 atom stereocenters. The molecule has 0 fully saturated rings. The van der Waals surface area contributed by atoms with Gasteiger partial charge in [0.05, 0.1) is 13.3 Å². The smallest absolute Gasteiger partial charge is 0.277 e. The summed E-state index contributed by atoms with van der Waals surface area (Å²) in [4.78, 5) is 11.8. The van der Waals surface area contributed by atoms with Gasteiger partial charge < -0.3 is 9.47 Å². The van der Waals surface area contributed by atoms with Gasteiger partial charge >= 0.3 is 0 Å². The monoisotopic (exact) mass is 390 g/mol. The Balaban J connectivity index is 1.89. The van der Waals surface area contributed by atoms with E-state index in [0.29, 0.717) is 11.5 Å². The van der Waals surface area contributed by atoms with Crippen molar-refractivity contribution >= 4 is 28.1 Å². The van der Waals surface area contributed by atoms with Crippen LogP contribution in [-0.4, -0.2) is 25.8 Å². The zero-order valence-electron chi connectivity index (χ0n) is 13.8. The molecule has 5 nitrogen and oxygen atoms in total. The van der Waals surface area contributed by atoms with Crippen LogP contribution < -0.4 is 14.9 Å². The Morgan fingerprint density at radius 2 is 2.00 bits per heavy atom. The van der Waals surface area contributed by atoms with Gasteiger partial charge in [0.2, 0.25) is 0 Å². The number of methoxy groups -OCH3 is 1. The van der Waals surface area contributed by atoms with Crippen molar-refractivity contribution in [3.63, 3.8) is 0 Å². The molecule has 2 rings (SSSR count). The molecule has 0 aliphatic rings. The van der Waals surface area contributed by atoms with Gasteiger partial charge in [-0.05, 0) is 55.3 Å². The van der Waals surface area contributed by atoms with E-state index in [2.05, 4.69) is 26.5 Å². The maximum absolute atomic E-state index is 11.8. The van der Waals surface area contributed by atoms with Gasteiger partial charge in [0.15, 0.2) is 6.61 Å². The van der Waals surface area contributed by atoms with E-state index in [1.165, 1.54) is 11.8 Å². The summed E-state index contributed by atoms with van der Waals surface area (Å²) in [6.07, 6.45) is 1.53. The second kappa shape index (κ2) is 8.49. The third-order valence-corrected chi connectivity index (χ3v) is 3.93. The fourth-order valence-corrected chi connectivity index (χ4v) is 2.34. The molecular formula is C18H19BrN2O3. The Kier molecular flexibility index (Phi) is 6.37. The van der Waals surface area contributed by atoms with E-state index < -0.39 is 0 Å². The maximum atomic E-state index is 11.8. The molecule has 0 saturated carbocycles. The lowest BCUT2D eigenvalue weighted by Crippen LogP contribution is -2.24. The molecule has 126 valence electrons. The van der Waals surface area contributed by atoms with Crippen LogP contribution in [0.15, 0.2) is 46.0 Å². The number of benzene rings is 2. The van der Waals surface area contributed by atoms with E-state index in [9.17, 15) is 4.79 Å². The molecule has 1 amide bonds. The molecule has 0 aliphatic carbocycles. The summed E-state index contributed by atoms with van der Waals surface area (Å²) in [7, 11) is 1.58. The predicted octanol–water partition coefficient (Wildman–Crippen LogP) is 3.60. The quantitative estimate of drug-likeness (QED) is 0.605. The molecule has 0 bridgehead atoms. The topological polar surface area (TPSA) is 59.9 Å². The molecule has 0 saturated heterocycles. The minimum atomic E-state index is -0.335. The van der Waals surface area contributed by atoms with Crippen molar-refractivity contribution in [3.05, 3.63) is 57.6 Å². The molecule has 0 unspecified atom stereocenters. The van der Waals surface area contributed by atoms with Crippen LogP contribution >= 0.6 is 15.9 Å². The summed E-state index contributed by atoms with van der Waals surface area (Å²) in [6.45, 7) is 3.92. The number of hydrogen-bond acceptors (Lipinski definition) is 4. The summed E-state index contributed by atoms with van der Waals surface area (Å²) in [5.41, 5.74) is 5.48. The fourth-order valence-electron chi connectivity index (χ4n) is 1.96. The highest BCUT2D eigenvalue weighted by molar-refractivity contribution is 9.10. The van der Waals surface area contributed by atoms with Gasteiger partial charge in [-0.15, -0.1) is 0 Å². The molecule has 2 aromatic carbocycles. The number of hydrogen-bond donors (Lipinski definition) is 1. The number of halogens is 1. The Morgan fingerprint density at radius 3 is 2.71 bits per heavy atom. The summed E-state index contributed by atoms with van der Waals surface area (Å²) < 4.78 is 11.6. The van der Waals surface area contributed by atoms with Crippen LogP contribution in [0, 0.1) is 13.8 Å². The van der Waals surface area contributed by atoms with Crippen molar-refractivity contribution in [2.75, 3.05) is 13.7 Å². The average Bonchev–Trinajstić information content (AvgIpc) is 2.56. The lowest BCUT2D eigenvalue weighted by atomic mass is 10.1. The Morgan fingerprint density at radius 1 is 1.21 bits per heavy atom. The molecule has 2 aromatic rings. The van der Waals surface area contributed by atoms with Crippen LogP contribution in [0.3, 0.4) is 0 Å². The zero-order chi connectivity index (χ0) is 17.5. The van der Waals surface area contributed by atoms with E-state index in [1.54, 1.807) is 7.11 Å². The van der Waals surface area contributed by atoms with Gasteiger partial charge in [0, 0.05) is 10.0 Å². The van der Waals surface area contributed by atoms with E-state index in [-0.39, 0.29) is 12.5 Å². The van der Waals surface area contributed by atoms with Crippen LogP contribution in [0.25, 0.3) is 0 Å². The molecule has 0 radical (unpaired) electrons. The number of rotatable bonds is 6. The van der Waals surface area contributed by atoms with Crippen LogP contribution in [0.5, 0.6) is 11.5 Å². The average molecular weight is 391 g/mol. The molecule has 1 N–H and O–H groups in total. The normalized spacial score (nSPS) is 10.7. The maximum Gasteiger partial charge on any atom is 0.277 e. The zero-order valence-corrected chi connectivity index (χ0v) is 15.4. The van der Waals surface area contributed by atoms with Crippen molar-refractivity contribution in [2.45, 2.75) is 13.8 Å². The SMILES string of the molecule is COc1ccc(Br)cc1/C=N/NC(=O)COc1ccc(C)c(C)c1.